The van der Waals surface area contributed by atoms with Gasteiger partial charge in [0, 0.05) is 0 Å². The van der Waals surface area contributed by atoms with Crippen LogP contribution in [0.15, 0.2) is 0 Å². The maximum absolute atomic E-state index is 5.34. The minimum absolute atomic E-state index is 0.867. The third kappa shape index (κ3) is 7.96. The molecule has 0 aliphatic heterocycles. The van der Waals surface area contributed by atoms with E-state index in [1.165, 1.54) is 38.5 Å². The van der Waals surface area contributed by atoms with Gasteiger partial charge in [-0.05, 0) is 13.0 Å². The summed E-state index contributed by atoms with van der Waals surface area (Å²) in [7, 11) is 0. The van der Waals surface area contributed by atoms with E-state index in [9.17, 15) is 0 Å². The quantitative estimate of drug-likeness (QED) is 0.546. The molecule has 0 amide bonds. The Bertz CT molecular complexity index is 37.8. The van der Waals surface area contributed by atoms with Gasteiger partial charge in [0.1, 0.15) is 0 Å². The third-order valence-electron chi connectivity index (χ3n) is 1.56. The highest BCUT2D eigenvalue weighted by molar-refractivity contribution is 4.43. The van der Waals surface area contributed by atoms with E-state index in [4.69, 9.17) is 5.73 Å². The summed E-state index contributed by atoms with van der Waals surface area (Å²) in [6.07, 6.45) is 8.05. The molecule has 1 nitrogen and oxygen atoms in total. The monoisotopic (exact) mass is 128 g/mol. The van der Waals surface area contributed by atoms with Crippen molar-refractivity contribution in [1.82, 2.24) is 0 Å². The van der Waals surface area contributed by atoms with Crippen LogP contribution in [0.25, 0.3) is 0 Å². The van der Waals surface area contributed by atoms with Crippen LogP contribution in [0.3, 0.4) is 0 Å². The Balaban J connectivity index is 2.60. The summed E-state index contributed by atoms with van der Waals surface area (Å²) < 4.78 is 0. The lowest BCUT2D eigenvalue weighted by atomic mass is 9.97. The molecule has 0 radical (unpaired) electrons. The van der Waals surface area contributed by atoms with Crippen molar-refractivity contribution in [2.75, 3.05) is 6.54 Å². The van der Waals surface area contributed by atoms with Gasteiger partial charge in [0.15, 0.2) is 0 Å². The summed E-state index contributed by atoms with van der Waals surface area (Å²) in [6, 6.07) is 0. The van der Waals surface area contributed by atoms with E-state index in [0.717, 1.165) is 6.54 Å². The van der Waals surface area contributed by atoms with Gasteiger partial charge in [-0.3, -0.25) is 0 Å². The van der Waals surface area contributed by atoms with Gasteiger partial charge in [-0.25, -0.2) is 0 Å². The lowest BCUT2D eigenvalue weighted by molar-refractivity contribution is 0.612. The first-order valence-electron chi connectivity index (χ1n) is 4.12. The molecule has 0 rings (SSSR count). The predicted octanol–water partition coefficient (Wildman–Crippen LogP) is 2.31. The fourth-order valence-corrected chi connectivity index (χ4v) is 0.925. The maximum Gasteiger partial charge on any atom is -0.00773 e. The van der Waals surface area contributed by atoms with E-state index < -0.39 is 0 Å². The molecule has 0 unspecified atom stereocenters. The zero-order valence-corrected chi connectivity index (χ0v) is 6.53. The Hall–Kier alpha value is -0.0400. The lowest BCUT2D eigenvalue weighted by Crippen LogP contribution is -1.97. The molecule has 0 aromatic rings. The van der Waals surface area contributed by atoms with Crippen LogP contribution in [0.1, 0.15) is 45.4 Å². The van der Waals surface area contributed by atoms with E-state index in [2.05, 4.69) is 6.92 Å². The minimum atomic E-state index is 0.867. The van der Waals surface area contributed by atoms with Crippen LogP contribution >= 0.6 is 0 Å². The molecule has 0 aromatic carbocycles. The van der Waals surface area contributed by atoms with Crippen LogP contribution in [-0.4, -0.2) is 6.54 Å². The topological polar surface area (TPSA) is 26.0 Å². The Morgan fingerprint density at radius 1 is 0.889 bits per heavy atom. The highest BCUT2D eigenvalue weighted by atomic mass is 14.4. The summed E-state index contributed by atoms with van der Waals surface area (Å²) in [6.45, 7) is 3.11. The third-order valence-corrected chi connectivity index (χ3v) is 1.56. The van der Waals surface area contributed by atoms with Gasteiger partial charge in [-0.1, -0.05) is 39.0 Å². The van der Waals surface area contributed by atoms with Crippen molar-refractivity contribution < 1.29 is 0 Å². The lowest BCUT2D eigenvalue weighted by Gasteiger charge is -1.96. The number of hydrogen-bond acceptors (Lipinski definition) is 1. The Morgan fingerprint density at radius 2 is 1.44 bits per heavy atom. The molecule has 0 fully saturated rings. The standard InChI is InChI=1S/C8H19N/c1-2-3-4-5-6-7-8-9/h2-9H2,1H3/i8-1. The van der Waals surface area contributed by atoms with E-state index >= 15 is 0 Å². The molecular weight excluding hydrogens is 109 g/mol. The number of unbranched alkanes of at least 4 members (excludes halogenated alkanes) is 5. The van der Waals surface area contributed by atoms with Crippen molar-refractivity contribution in [3.8, 4) is 0 Å². The number of rotatable bonds is 6. The Labute approximate surface area is 58.6 Å². The largest absolute Gasteiger partial charge is 0.330 e. The van der Waals surface area contributed by atoms with Gasteiger partial charge < -0.3 is 5.73 Å². The van der Waals surface area contributed by atoms with Crippen molar-refractivity contribution in [3.63, 3.8) is 0 Å². The predicted molar refractivity (Wildman–Crippen MR) is 42.4 cm³/mol. The Morgan fingerprint density at radius 3 is 2.00 bits per heavy atom. The average molecular weight is 128 g/mol. The molecule has 0 saturated heterocycles. The Kier molecular flexibility index (Phi) is 7.92. The normalized spacial score (nSPS) is 10.0. The molecule has 0 heterocycles. The van der Waals surface area contributed by atoms with Gasteiger partial charge >= 0.3 is 0 Å². The summed E-state index contributed by atoms with van der Waals surface area (Å²) >= 11 is 0. The summed E-state index contributed by atoms with van der Waals surface area (Å²) in [5, 5.41) is 0. The maximum atomic E-state index is 5.34. The van der Waals surface area contributed by atoms with Crippen molar-refractivity contribution in [3.05, 3.63) is 0 Å². The average Bonchev–Trinajstić information content (AvgIpc) is 1.89. The minimum Gasteiger partial charge on any atom is -0.330 e. The molecule has 0 aromatic heterocycles. The van der Waals surface area contributed by atoms with E-state index in [1.807, 2.05) is 0 Å². The van der Waals surface area contributed by atoms with E-state index in [0.29, 0.717) is 0 Å². The first-order chi connectivity index (χ1) is 4.41. The smallest absolute Gasteiger partial charge is 0.00773 e. The van der Waals surface area contributed by atoms with Gasteiger partial charge in [0.05, 0.1) is 0 Å². The second-order valence-corrected chi connectivity index (χ2v) is 2.56. The molecule has 56 valence electrons. The fourth-order valence-electron chi connectivity index (χ4n) is 0.925. The highest BCUT2D eigenvalue weighted by Gasteiger charge is 1.85. The van der Waals surface area contributed by atoms with Gasteiger partial charge in [-0.2, -0.15) is 0 Å². The molecule has 2 N–H and O–H groups in total. The second-order valence-electron chi connectivity index (χ2n) is 2.56. The van der Waals surface area contributed by atoms with Crippen LogP contribution in [0, 0.1) is 0 Å². The number of nitrogens with two attached hydrogens (primary N) is 1. The molecule has 0 atom stereocenters. The van der Waals surface area contributed by atoms with E-state index in [1.54, 1.807) is 0 Å². The van der Waals surface area contributed by atoms with Crippen LogP contribution in [-0.2, 0) is 0 Å². The molecule has 0 aliphatic rings. The number of hydrogen-bond donors (Lipinski definition) is 1. The van der Waals surface area contributed by atoms with E-state index in [-0.39, 0.29) is 0 Å². The van der Waals surface area contributed by atoms with Crippen molar-refractivity contribution in [2.45, 2.75) is 45.4 Å². The van der Waals surface area contributed by atoms with Crippen LogP contribution in [0.5, 0.6) is 0 Å². The van der Waals surface area contributed by atoms with Gasteiger partial charge in [-0.15, -0.1) is 0 Å². The van der Waals surface area contributed by atoms with Crippen molar-refractivity contribution >= 4 is 0 Å². The molecule has 1 heteroatoms. The first-order valence-corrected chi connectivity index (χ1v) is 4.12. The van der Waals surface area contributed by atoms with Crippen LogP contribution in [0.2, 0.25) is 0 Å². The summed E-state index contributed by atoms with van der Waals surface area (Å²) in [5.74, 6) is 0. The zero-order valence-electron chi connectivity index (χ0n) is 6.53. The SMILES string of the molecule is CCCCCCC[11CH2]N. The summed E-state index contributed by atoms with van der Waals surface area (Å²) in [4.78, 5) is 0. The fraction of sp³-hybridized carbons (Fsp3) is 1.00. The van der Waals surface area contributed by atoms with Crippen LogP contribution in [0.4, 0.5) is 0 Å². The van der Waals surface area contributed by atoms with Crippen molar-refractivity contribution in [2.24, 2.45) is 5.73 Å². The van der Waals surface area contributed by atoms with Crippen LogP contribution < -0.4 is 5.73 Å². The molecule has 0 aliphatic carbocycles. The summed E-state index contributed by atoms with van der Waals surface area (Å²) in [5.41, 5.74) is 5.34. The first kappa shape index (κ1) is 8.96. The molecular formula is C8H19N. The molecule has 9 heavy (non-hydrogen) atoms. The second kappa shape index (κ2) is 7.96. The molecule has 0 saturated carbocycles. The highest BCUT2D eigenvalue weighted by Crippen LogP contribution is 2.03. The zero-order chi connectivity index (χ0) is 6.95. The van der Waals surface area contributed by atoms with Gasteiger partial charge in [0.2, 0.25) is 0 Å². The van der Waals surface area contributed by atoms with Crippen molar-refractivity contribution in [1.29, 1.82) is 0 Å². The molecule has 0 spiro atoms. The molecule has 0 bridgehead atoms. The van der Waals surface area contributed by atoms with Gasteiger partial charge in [0.25, 0.3) is 0 Å².